The van der Waals surface area contributed by atoms with E-state index in [1.54, 1.807) is 4.40 Å². The topological polar surface area (TPSA) is 34.4 Å². The molecule has 0 atom stereocenters. The van der Waals surface area contributed by atoms with Gasteiger partial charge in [0.05, 0.1) is 0 Å². The zero-order chi connectivity index (χ0) is 12.3. The summed E-state index contributed by atoms with van der Waals surface area (Å²) in [4.78, 5) is 18.0. The number of rotatable bonds is 0. The van der Waals surface area contributed by atoms with Gasteiger partial charge in [0.1, 0.15) is 0 Å². The molecule has 0 radical (unpaired) electrons. The third-order valence-electron chi connectivity index (χ3n) is 3.05. The van der Waals surface area contributed by atoms with Gasteiger partial charge in [0.25, 0.3) is 0 Å². The van der Waals surface area contributed by atoms with Crippen molar-refractivity contribution < 1.29 is 0 Å². The predicted molar refractivity (Wildman–Crippen MR) is 76.0 cm³/mol. The molecule has 5 heteroatoms. The predicted octanol–water partition coefficient (Wildman–Crippen LogP) is 2.43. The SMILES string of the molecule is Cc1csc2nc3c([se]c4ccccc43)c(=O)n12. The van der Waals surface area contributed by atoms with Crippen molar-refractivity contribution in [1.82, 2.24) is 9.38 Å². The van der Waals surface area contributed by atoms with E-state index in [9.17, 15) is 4.79 Å². The van der Waals surface area contributed by atoms with Gasteiger partial charge >= 0.3 is 112 Å². The maximum absolute atomic E-state index is 12.5. The first-order valence-corrected chi connectivity index (χ1v) is 8.13. The molecule has 3 heterocycles. The number of hydrogen-bond donors (Lipinski definition) is 0. The molecule has 0 spiro atoms. The number of nitrogens with zero attached hydrogens (tertiary/aromatic N) is 2. The quantitative estimate of drug-likeness (QED) is 0.467. The summed E-state index contributed by atoms with van der Waals surface area (Å²) in [6.07, 6.45) is 0. The van der Waals surface area contributed by atoms with E-state index in [0.717, 1.165) is 25.8 Å². The Morgan fingerprint density at radius 2 is 2.17 bits per heavy atom. The van der Waals surface area contributed by atoms with Crippen LogP contribution in [0.4, 0.5) is 0 Å². The average Bonchev–Trinajstić information content (AvgIpc) is 2.92. The van der Waals surface area contributed by atoms with Crippen LogP contribution in [0.15, 0.2) is 34.4 Å². The summed E-state index contributed by atoms with van der Waals surface area (Å²) < 4.78 is 3.89. The molecule has 88 valence electrons. The molecule has 0 amide bonds. The van der Waals surface area contributed by atoms with E-state index in [0.29, 0.717) is 0 Å². The van der Waals surface area contributed by atoms with Crippen molar-refractivity contribution in [2.45, 2.75) is 6.92 Å². The minimum absolute atomic E-state index is 0.0889. The van der Waals surface area contributed by atoms with Gasteiger partial charge in [-0.05, 0) is 0 Å². The molecule has 0 aliphatic rings. The summed E-state index contributed by atoms with van der Waals surface area (Å²) in [5.74, 6) is 0. The Hall–Kier alpha value is -1.42. The van der Waals surface area contributed by atoms with E-state index in [1.807, 2.05) is 24.4 Å². The van der Waals surface area contributed by atoms with E-state index >= 15 is 0 Å². The van der Waals surface area contributed by atoms with Crippen molar-refractivity contribution in [3.05, 3.63) is 45.7 Å². The number of aryl methyl sites for hydroxylation is 1. The molecular formula is C13H8N2OSSe. The molecule has 4 aromatic rings. The second-order valence-electron chi connectivity index (χ2n) is 4.19. The first-order chi connectivity index (χ1) is 8.75. The second kappa shape index (κ2) is 3.54. The third kappa shape index (κ3) is 1.24. The molecule has 3 aromatic heterocycles. The van der Waals surface area contributed by atoms with Crippen LogP contribution in [0.25, 0.3) is 24.4 Å². The maximum atomic E-state index is 12.5. The Kier molecular flexibility index (Phi) is 2.07. The van der Waals surface area contributed by atoms with Gasteiger partial charge in [0, 0.05) is 0 Å². The van der Waals surface area contributed by atoms with Crippen LogP contribution in [0.3, 0.4) is 0 Å². The number of fused-ring (bicyclic) bond motifs is 4. The van der Waals surface area contributed by atoms with Gasteiger partial charge in [-0.15, -0.1) is 0 Å². The third-order valence-corrected chi connectivity index (χ3v) is 6.41. The van der Waals surface area contributed by atoms with Gasteiger partial charge in [0.2, 0.25) is 0 Å². The van der Waals surface area contributed by atoms with Gasteiger partial charge in [-0.25, -0.2) is 0 Å². The molecule has 1 aromatic carbocycles. The van der Waals surface area contributed by atoms with E-state index < -0.39 is 0 Å². The monoisotopic (exact) mass is 320 g/mol. The normalized spacial score (nSPS) is 11.8. The molecule has 0 aliphatic heterocycles. The number of aromatic nitrogens is 2. The Labute approximate surface area is 112 Å². The Morgan fingerprint density at radius 3 is 3.06 bits per heavy atom. The van der Waals surface area contributed by atoms with Crippen molar-refractivity contribution in [1.29, 1.82) is 0 Å². The van der Waals surface area contributed by atoms with Crippen molar-refractivity contribution in [3.63, 3.8) is 0 Å². The average molecular weight is 319 g/mol. The molecule has 0 N–H and O–H groups in total. The molecule has 0 saturated heterocycles. The zero-order valence-electron chi connectivity index (χ0n) is 9.51. The summed E-state index contributed by atoms with van der Waals surface area (Å²) in [6.45, 7) is 1.95. The van der Waals surface area contributed by atoms with E-state index in [2.05, 4.69) is 17.1 Å². The van der Waals surface area contributed by atoms with Crippen molar-refractivity contribution in [2.24, 2.45) is 0 Å². The summed E-state index contributed by atoms with van der Waals surface area (Å²) >= 11 is 1.62. The molecule has 18 heavy (non-hydrogen) atoms. The zero-order valence-corrected chi connectivity index (χ0v) is 12.0. The van der Waals surface area contributed by atoms with Gasteiger partial charge < -0.3 is 0 Å². The van der Waals surface area contributed by atoms with Gasteiger partial charge in [-0.1, -0.05) is 0 Å². The van der Waals surface area contributed by atoms with Gasteiger partial charge in [-0.2, -0.15) is 0 Å². The van der Waals surface area contributed by atoms with Gasteiger partial charge in [-0.3, -0.25) is 0 Å². The van der Waals surface area contributed by atoms with Crippen molar-refractivity contribution in [3.8, 4) is 0 Å². The molecule has 0 aliphatic carbocycles. The van der Waals surface area contributed by atoms with Crippen LogP contribution in [-0.4, -0.2) is 23.9 Å². The summed E-state index contributed by atoms with van der Waals surface area (Å²) in [6, 6.07) is 8.19. The van der Waals surface area contributed by atoms with Crippen LogP contribution < -0.4 is 5.56 Å². The van der Waals surface area contributed by atoms with Crippen molar-refractivity contribution in [2.75, 3.05) is 0 Å². The van der Waals surface area contributed by atoms with E-state index in [4.69, 9.17) is 0 Å². The molecule has 0 bridgehead atoms. The first-order valence-electron chi connectivity index (χ1n) is 5.54. The van der Waals surface area contributed by atoms with Crippen molar-refractivity contribution >= 4 is 50.2 Å². The summed E-state index contributed by atoms with van der Waals surface area (Å²) in [5, 5.41) is 3.12. The summed E-state index contributed by atoms with van der Waals surface area (Å²) in [5.41, 5.74) is 1.99. The Balaban J connectivity index is 2.38. The first kappa shape index (κ1) is 10.5. The number of thiazole rings is 1. The van der Waals surface area contributed by atoms with E-state index in [-0.39, 0.29) is 20.1 Å². The molecule has 0 fully saturated rings. The molecule has 0 unspecified atom stereocenters. The van der Waals surface area contributed by atoms with Crippen LogP contribution in [0.2, 0.25) is 0 Å². The van der Waals surface area contributed by atoms with Crippen LogP contribution in [0, 0.1) is 6.92 Å². The standard InChI is InChI=1S/C13H8N2OSSe/c1-7-6-17-13-14-10-8-4-2-3-5-9(8)18-11(10)12(16)15(7)13/h2-6H,1H3. The molecule has 0 saturated carbocycles. The minimum atomic E-state index is 0.0889. The van der Waals surface area contributed by atoms with E-state index in [1.165, 1.54) is 15.6 Å². The molecule has 4 rings (SSSR count). The summed E-state index contributed by atoms with van der Waals surface area (Å²) in [7, 11) is 0. The van der Waals surface area contributed by atoms with Crippen LogP contribution in [-0.2, 0) is 0 Å². The number of benzene rings is 1. The molecular weight excluding hydrogens is 311 g/mol. The van der Waals surface area contributed by atoms with Crippen LogP contribution in [0.1, 0.15) is 5.69 Å². The Morgan fingerprint density at radius 1 is 1.33 bits per heavy atom. The van der Waals surface area contributed by atoms with Crippen LogP contribution in [0.5, 0.6) is 0 Å². The fourth-order valence-corrected chi connectivity index (χ4v) is 5.31. The molecule has 3 nitrogen and oxygen atoms in total. The fourth-order valence-electron chi connectivity index (χ4n) is 2.20. The van der Waals surface area contributed by atoms with Gasteiger partial charge in [0.15, 0.2) is 0 Å². The van der Waals surface area contributed by atoms with Crippen LogP contribution >= 0.6 is 11.3 Å². The number of hydrogen-bond acceptors (Lipinski definition) is 3. The fraction of sp³-hybridized carbons (Fsp3) is 0.0769. The Bertz CT molecular complexity index is 964. The second-order valence-corrected chi connectivity index (χ2v) is 7.23.